The van der Waals surface area contributed by atoms with Crippen LogP contribution in [0.2, 0.25) is 0 Å². The van der Waals surface area contributed by atoms with E-state index in [1.54, 1.807) is 0 Å². The van der Waals surface area contributed by atoms with Crippen LogP contribution in [0.25, 0.3) is 0 Å². The second-order valence-electron chi connectivity index (χ2n) is 3.24. The van der Waals surface area contributed by atoms with Gasteiger partial charge in [0.15, 0.2) is 5.88 Å². The molecule has 58 valence electrons. The summed E-state index contributed by atoms with van der Waals surface area (Å²) < 4.78 is 5.42. The number of ether oxygens (including phenoxy) is 1. The summed E-state index contributed by atoms with van der Waals surface area (Å²) in [5, 5.41) is 8.58. The number of nitrogens with two attached hydrogens (primary N) is 1. The van der Waals surface area contributed by atoms with Gasteiger partial charge in [0, 0.05) is 0 Å². The van der Waals surface area contributed by atoms with Gasteiger partial charge in [0.25, 0.3) is 0 Å². The molecule has 3 nitrogen and oxygen atoms in total. The Morgan fingerprint density at radius 1 is 1.45 bits per heavy atom. The van der Waals surface area contributed by atoms with Gasteiger partial charge in [-0.05, 0) is 25.7 Å². The molecule has 0 aromatic rings. The molecule has 0 radical (unpaired) electrons. The Kier molecular flexibility index (Phi) is 1.14. The first-order chi connectivity index (χ1) is 5.26. The van der Waals surface area contributed by atoms with Crippen molar-refractivity contribution >= 4 is 0 Å². The zero-order valence-electron chi connectivity index (χ0n) is 6.26. The maximum Gasteiger partial charge on any atom is 0.198 e. The lowest BCUT2D eigenvalue weighted by Gasteiger charge is -2.23. The maximum absolute atomic E-state index is 8.58. The van der Waals surface area contributed by atoms with Crippen LogP contribution < -0.4 is 5.73 Å². The Bertz CT molecular complexity index is 258. The smallest absolute Gasteiger partial charge is 0.198 e. The highest BCUT2D eigenvalue weighted by Gasteiger charge is 2.47. The van der Waals surface area contributed by atoms with Gasteiger partial charge < -0.3 is 10.5 Å². The van der Waals surface area contributed by atoms with Gasteiger partial charge in [0.1, 0.15) is 11.7 Å². The molecule has 2 rings (SSSR count). The molecule has 0 atom stereocenters. The number of nitriles is 1. The quantitative estimate of drug-likeness (QED) is 0.561. The lowest BCUT2D eigenvalue weighted by molar-refractivity contribution is 0.0685. The molecule has 1 heterocycles. The van der Waals surface area contributed by atoms with E-state index in [1.807, 2.05) is 6.07 Å². The van der Waals surface area contributed by atoms with Crippen molar-refractivity contribution in [3.63, 3.8) is 0 Å². The van der Waals surface area contributed by atoms with Crippen molar-refractivity contribution in [2.75, 3.05) is 0 Å². The number of allylic oxidation sites excluding steroid dienone is 1. The lowest BCUT2D eigenvalue weighted by atomic mass is 10.0. The highest BCUT2D eigenvalue weighted by Crippen LogP contribution is 2.47. The first-order valence-corrected chi connectivity index (χ1v) is 3.83. The molecular formula is C8H10N2O. The molecule has 1 aliphatic heterocycles. The Morgan fingerprint density at radius 2 is 2.18 bits per heavy atom. The van der Waals surface area contributed by atoms with Crippen LogP contribution in [-0.4, -0.2) is 5.60 Å². The molecule has 1 saturated carbocycles. The van der Waals surface area contributed by atoms with Crippen molar-refractivity contribution in [2.24, 2.45) is 5.73 Å². The normalized spacial score (nSPS) is 26.1. The third-order valence-corrected chi connectivity index (χ3v) is 2.40. The summed E-state index contributed by atoms with van der Waals surface area (Å²) in [7, 11) is 0. The molecule has 3 heteroatoms. The van der Waals surface area contributed by atoms with E-state index < -0.39 is 0 Å². The van der Waals surface area contributed by atoms with Crippen molar-refractivity contribution in [1.29, 1.82) is 5.26 Å². The molecule has 1 aliphatic carbocycles. The predicted octanol–water partition coefficient (Wildman–Crippen LogP) is 1.02. The molecule has 0 bridgehead atoms. The molecule has 0 aromatic carbocycles. The number of hydrogen-bond donors (Lipinski definition) is 1. The van der Waals surface area contributed by atoms with Crippen LogP contribution in [0.1, 0.15) is 25.7 Å². The monoisotopic (exact) mass is 150 g/mol. The van der Waals surface area contributed by atoms with E-state index in [4.69, 9.17) is 15.7 Å². The Labute approximate surface area is 65.4 Å². The minimum Gasteiger partial charge on any atom is -0.472 e. The fourth-order valence-corrected chi connectivity index (χ4v) is 1.42. The number of nitrogens with zero attached hydrogens (tertiary/aromatic N) is 1. The highest BCUT2D eigenvalue weighted by atomic mass is 16.5. The van der Waals surface area contributed by atoms with Gasteiger partial charge >= 0.3 is 0 Å². The minimum absolute atomic E-state index is 0.0461. The summed E-state index contributed by atoms with van der Waals surface area (Å²) in [5.41, 5.74) is 6.20. The molecule has 0 aromatic heterocycles. The predicted molar refractivity (Wildman–Crippen MR) is 39.1 cm³/mol. The summed E-state index contributed by atoms with van der Waals surface area (Å²) in [6.07, 6.45) is 3.97. The van der Waals surface area contributed by atoms with Crippen LogP contribution in [-0.2, 0) is 4.74 Å². The van der Waals surface area contributed by atoms with E-state index in [0.717, 1.165) is 25.7 Å². The Morgan fingerprint density at radius 3 is 2.64 bits per heavy atom. The van der Waals surface area contributed by atoms with Crippen LogP contribution >= 0.6 is 0 Å². The van der Waals surface area contributed by atoms with Crippen molar-refractivity contribution < 1.29 is 4.74 Å². The van der Waals surface area contributed by atoms with Gasteiger partial charge in [-0.15, -0.1) is 0 Å². The van der Waals surface area contributed by atoms with E-state index in [9.17, 15) is 0 Å². The van der Waals surface area contributed by atoms with Crippen LogP contribution in [0.15, 0.2) is 11.5 Å². The van der Waals surface area contributed by atoms with E-state index in [0.29, 0.717) is 11.5 Å². The molecular weight excluding hydrogens is 140 g/mol. The standard InChI is InChI=1S/C8H10N2O/c9-5-6-1-2-8(3-4-8)11-7(6)10/h1-4,10H2. The third kappa shape index (κ3) is 0.949. The zero-order valence-corrected chi connectivity index (χ0v) is 6.26. The SMILES string of the molecule is N#CC1=C(N)OC2(CC1)CC2. The Balaban J connectivity index is 2.19. The molecule has 1 spiro atoms. The Hall–Kier alpha value is -1.17. The van der Waals surface area contributed by atoms with Crippen molar-refractivity contribution in [3.05, 3.63) is 11.5 Å². The van der Waals surface area contributed by atoms with Gasteiger partial charge in [-0.2, -0.15) is 5.26 Å². The topological polar surface area (TPSA) is 59.0 Å². The van der Waals surface area contributed by atoms with E-state index >= 15 is 0 Å². The van der Waals surface area contributed by atoms with E-state index in [2.05, 4.69) is 0 Å². The lowest BCUT2D eigenvalue weighted by Crippen LogP contribution is -2.23. The minimum atomic E-state index is 0.0461. The first-order valence-electron chi connectivity index (χ1n) is 3.83. The average Bonchev–Trinajstić information content (AvgIpc) is 2.70. The third-order valence-electron chi connectivity index (χ3n) is 2.40. The molecule has 2 aliphatic rings. The second kappa shape index (κ2) is 1.91. The largest absolute Gasteiger partial charge is 0.472 e. The van der Waals surface area contributed by atoms with Crippen LogP contribution in [0.5, 0.6) is 0 Å². The molecule has 0 saturated heterocycles. The van der Waals surface area contributed by atoms with Crippen molar-refractivity contribution in [2.45, 2.75) is 31.3 Å². The van der Waals surface area contributed by atoms with Crippen molar-refractivity contribution in [3.8, 4) is 6.07 Å². The number of hydrogen-bond acceptors (Lipinski definition) is 3. The molecule has 0 unspecified atom stereocenters. The molecule has 1 fully saturated rings. The summed E-state index contributed by atoms with van der Waals surface area (Å²) in [6.45, 7) is 0. The van der Waals surface area contributed by atoms with E-state index in [-0.39, 0.29) is 5.60 Å². The van der Waals surface area contributed by atoms with Gasteiger partial charge in [-0.3, -0.25) is 0 Å². The summed E-state index contributed by atoms with van der Waals surface area (Å²) in [4.78, 5) is 0. The van der Waals surface area contributed by atoms with Gasteiger partial charge in [-0.25, -0.2) is 0 Å². The fraction of sp³-hybridized carbons (Fsp3) is 0.625. The first kappa shape index (κ1) is 6.53. The van der Waals surface area contributed by atoms with Crippen LogP contribution in [0, 0.1) is 11.3 Å². The molecule has 0 amide bonds. The van der Waals surface area contributed by atoms with Gasteiger partial charge in [-0.1, -0.05) is 0 Å². The highest BCUT2D eigenvalue weighted by molar-refractivity contribution is 5.27. The van der Waals surface area contributed by atoms with Crippen molar-refractivity contribution in [1.82, 2.24) is 0 Å². The van der Waals surface area contributed by atoms with Gasteiger partial charge in [0.2, 0.25) is 0 Å². The fourth-order valence-electron chi connectivity index (χ4n) is 1.42. The summed E-state index contributed by atoms with van der Waals surface area (Å²) in [6, 6.07) is 2.05. The second-order valence-corrected chi connectivity index (χ2v) is 3.24. The van der Waals surface area contributed by atoms with Crippen LogP contribution in [0.4, 0.5) is 0 Å². The summed E-state index contributed by atoms with van der Waals surface area (Å²) >= 11 is 0. The zero-order chi connectivity index (χ0) is 7.90. The van der Waals surface area contributed by atoms with Gasteiger partial charge in [0.05, 0.1) is 5.57 Å². The number of rotatable bonds is 0. The average molecular weight is 150 g/mol. The summed E-state index contributed by atoms with van der Waals surface area (Å²) in [5.74, 6) is 0.358. The molecule has 11 heavy (non-hydrogen) atoms. The van der Waals surface area contributed by atoms with Crippen LogP contribution in [0.3, 0.4) is 0 Å². The van der Waals surface area contributed by atoms with E-state index in [1.165, 1.54) is 0 Å². The molecule has 2 N–H and O–H groups in total. The maximum atomic E-state index is 8.58.